The minimum atomic E-state index is -0.569. The van der Waals surface area contributed by atoms with Crippen molar-refractivity contribution in [3.05, 3.63) is 69.2 Å². The van der Waals surface area contributed by atoms with Crippen LogP contribution in [0, 0.1) is 10.1 Å². The van der Waals surface area contributed by atoms with Gasteiger partial charge in [-0.05, 0) is 19.1 Å². The van der Waals surface area contributed by atoms with Crippen molar-refractivity contribution >= 4 is 34.7 Å². The van der Waals surface area contributed by atoms with E-state index in [2.05, 4.69) is 10.5 Å². The third-order valence-electron chi connectivity index (χ3n) is 3.37. The van der Waals surface area contributed by atoms with Crippen molar-refractivity contribution in [2.24, 2.45) is 10.9 Å². The molecule has 0 saturated carbocycles. The lowest BCUT2D eigenvalue weighted by Crippen LogP contribution is -2.22. The quantitative estimate of drug-likeness (QED) is 0.331. The Hall–Kier alpha value is -3.13. The molecule has 0 fully saturated rings. The Morgan fingerprint density at radius 3 is 2.77 bits per heavy atom. The summed E-state index contributed by atoms with van der Waals surface area (Å²) in [5.74, 6) is -0.433. The maximum atomic E-state index is 11.9. The topological polar surface area (TPSA) is 120 Å². The molecule has 8 nitrogen and oxygen atoms in total. The highest BCUT2D eigenvalue weighted by molar-refractivity contribution is 6.33. The number of carbonyl (C=O) groups excluding carboxylic acids is 1. The Labute approximate surface area is 154 Å². The Balaban J connectivity index is 1.93. The Morgan fingerprint density at radius 1 is 1.35 bits per heavy atom. The first-order chi connectivity index (χ1) is 12.4. The van der Waals surface area contributed by atoms with Gasteiger partial charge in [0, 0.05) is 17.7 Å². The molecule has 0 bridgehead atoms. The molecule has 2 rings (SSSR count). The maximum Gasteiger partial charge on any atom is 0.269 e. The van der Waals surface area contributed by atoms with Gasteiger partial charge in [0.1, 0.15) is 11.9 Å². The zero-order valence-electron chi connectivity index (χ0n) is 13.9. The van der Waals surface area contributed by atoms with Crippen LogP contribution in [-0.2, 0) is 9.63 Å². The van der Waals surface area contributed by atoms with Crippen molar-refractivity contribution in [2.45, 2.75) is 19.4 Å². The van der Waals surface area contributed by atoms with Crippen LogP contribution in [-0.4, -0.2) is 16.7 Å². The number of amidine groups is 1. The van der Waals surface area contributed by atoms with Crippen LogP contribution in [0.4, 0.5) is 11.4 Å². The van der Waals surface area contributed by atoms with Gasteiger partial charge in [0.05, 0.1) is 22.1 Å². The predicted octanol–water partition coefficient (Wildman–Crippen LogP) is 3.63. The van der Waals surface area contributed by atoms with Gasteiger partial charge in [0.15, 0.2) is 0 Å². The van der Waals surface area contributed by atoms with Crippen LogP contribution >= 0.6 is 11.6 Å². The lowest BCUT2D eigenvalue weighted by atomic mass is 10.1. The number of oxime groups is 1. The summed E-state index contributed by atoms with van der Waals surface area (Å²) in [4.78, 5) is 27.5. The Morgan fingerprint density at radius 2 is 2.08 bits per heavy atom. The average Bonchev–Trinajstić information content (AvgIpc) is 2.61. The fourth-order valence-corrected chi connectivity index (χ4v) is 2.24. The number of rotatable bonds is 7. The number of hydrogen-bond donors (Lipinski definition) is 2. The van der Waals surface area contributed by atoms with E-state index in [1.165, 1.54) is 12.1 Å². The molecule has 0 heterocycles. The molecule has 136 valence electrons. The van der Waals surface area contributed by atoms with Crippen molar-refractivity contribution in [3.63, 3.8) is 0 Å². The second-order valence-electron chi connectivity index (χ2n) is 5.39. The van der Waals surface area contributed by atoms with Crippen molar-refractivity contribution in [3.8, 4) is 0 Å². The minimum absolute atomic E-state index is 0.0353. The number of para-hydroxylation sites is 1. The summed E-state index contributed by atoms with van der Waals surface area (Å²) in [7, 11) is 0. The average molecular weight is 377 g/mol. The lowest BCUT2D eigenvalue weighted by Gasteiger charge is -2.11. The van der Waals surface area contributed by atoms with E-state index in [-0.39, 0.29) is 17.9 Å². The molecule has 0 aliphatic carbocycles. The Bertz CT molecular complexity index is 841. The van der Waals surface area contributed by atoms with E-state index >= 15 is 0 Å². The van der Waals surface area contributed by atoms with E-state index in [1.807, 2.05) is 0 Å². The molecule has 1 atom stereocenters. The third-order valence-corrected chi connectivity index (χ3v) is 3.70. The number of hydrogen-bond acceptors (Lipinski definition) is 5. The summed E-state index contributed by atoms with van der Waals surface area (Å²) in [5, 5.41) is 17.5. The predicted molar refractivity (Wildman–Crippen MR) is 98.9 cm³/mol. The second-order valence-corrected chi connectivity index (χ2v) is 5.79. The molecule has 1 amide bonds. The molecule has 2 aromatic carbocycles. The van der Waals surface area contributed by atoms with E-state index in [1.54, 1.807) is 43.3 Å². The van der Waals surface area contributed by atoms with E-state index in [0.717, 1.165) is 0 Å². The number of nitrogens with two attached hydrogens (primary N) is 1. The number of nitrogens with one attached hydrogen (secondary N) is 1. The number of nitro groups is 1. The highest BCUT2D eigenvalue weighted by Gasteiger charge is 2.13. The van der Waals surface area contributed by atoms with Crippen molar-refractivity contribution in [2.75, 3.05) is 5.32 Å². The highest BCUT2D eigenvalue weighted by Crippen LogP contribution is 2.22. The highest BCUT2D eigenvalue weighted by atomic mass is 35.5. The largest absolute Gasteiger partial charge is 0.386 e. The minimum Gasteiger partial charge on any atom is -0.386 e. The summed E-state index contributed by atoms with van der Waals surface area (Å²) in [5.41, 5.74) is 6.68. The van der Waals surface area contributed by atoms with Crippen LogP contribution in [0.1, 0.15) is 25.0 Å². The maximum absolute atomic E-state index is 11.9. The summed E-state index contributed by atoms with van der Waals surface area (Å²) < 4.78 is 0. The van der Waals surface area contributed by atoms with Crippen molar-refractivity contribution in [1.82, 2.24) is 0 Å². The normalized spacial score (nSPS) is 12.3. The molecule has 1 unspecified atom stereocenters. The number of carbonyl (C=O) groups is 1. The molecule has 3 N–H and O–H groups in total. The zero-order chi connectivity index (χ0) is 19.1. The standard InChI is InChI=1S/C17H17ClN4O4/c1-11(12-5-4-6-13(9-12)22(24)25)26-21-16(19)10-17(23)20-15-8-3-2-7-14(15)18/h2-9,11H,10H2,1H3,(H2,19,21)(H,20,23). The number of non-ortho nitro benzene ring substituents is 1. The van der Waals surface area contributed by atoms with Gasteiger partial charge in [-0.1, -0.05) is 41.0 Å². The van der Waals surface area contributed by atoms with Crippen LogP contribution in [0.3, 0.4) is 0 Å². The molecular formula is C17H17ClN4O4. The summed E-state index contributed by atoms with van der Waals surface area (Å²) >= 11 is 5.96. The van der Waals surface area contributed by atoms with Crippen LogP contribution in [0.25, 0.3) is 0 Å². The molecule has 0 aliphatic rings. The van der Waals surface area contributed by atoms with Gasteiger partial charge in [-0.3, -0.25) is 14.9 Å². The molecule has 2 aromatic rings. The van der Waals surface area contributed by atoms with Gasteiger partial charge in [-0.15, -0.1) is 0 Å². The van der Waals surface area contributed by atoms with Crippen LogP contribution in [0.15, 0.2) is 53.7 Å². The fourth-order valence-electron chi connectivity index (χ4n) is 2.05. The molecule has 0 radical (unpaired) electrons. The second kappa shape index (κ2) is 8.82. The van der Waals surface area contributed by atoms with Gasteiger partial charge in [-0.25, -0.2) is 0 Å². The fraction of sp³-hybridized carbons (Fsp3) is 0.176. The summed E-state index contributed by atoms with van der Waals surface area (Å²) in [6.07, 6.45) is -0.757. The zero-order valence-corrected chi connectivity index (χ0v) is 14.6. The van der Waals surface area contributed by atoms with E-state index in [0.29, 0.717) is 16.3 Å². The van der Waals surface area contributed by atoms with Crippen LogP contribution in [0.5, 0.6) is 0 Å². The van der Waals surface area contributed by atoms with Gasteiger partial charge in [0.2, 0.25) is 5.91 Å². The summed E-state index contributed by atoms with van der Waals surface area (Å²) in [6, 6.07) is 12.8. The molecular weight excluding hydrogens is 360 g/mol. The van der Waals surface area contributed by atoms with Crippen LogP contribution in [0.2, 0.25) is 5.02 Å². The first-order valence-corrected chi connectivity index (χ1v) is 8.01. The third kappa shape index (κ3) is 5.45. The van der Waals surface area contributed by atoms with E-state index in [9.17, 15) is 14.9 Å². The molecule has 0 aliphatic heterocycles. The van der Waals surface area contributed by atoms with Crippen molar-refractivity contribution < 1.29 is 14.6 Å². The first-order valence-electron chi connectivity index (χ1n) is 7.63. The number of nitro benzene ring substituents is 1. The molecule has 0 aromatic heterocycles. The smallest absolute Gasteiger partial charge is 0.269 e. The monoisotopic (exact) mass is 376 g/mol. The van der Waals surface area contributed by atoms with Crippen molar-refractivity contribution in [1.29, 1.82) is 0 Å². The lowest BCUT2D eigenvalue weighted by molar-refractivity contribution is -0.385. The van der Waals surface area contributed by atoms with Gasteiger partial charge in [-0.2, -0.15) is 0 Å². The molecule has 9 heteroatoms. The molecule has 0 spiro atoms. The molecule has 0 saturated heterocycles. The van der Waals surface area contributed by atoms with Gasteiger partial charge in [0.25, 0.3) is 5.69 Å². The first kappa shape index (κ1) is 19.2. The SMILES string of the molecule is CC(O/N=C(/N)CC(=O)Nc1ccccc1Cl)c1cccc([N+](=O)[O-])c1. The van der Waals surface area contributed by atoms with E-state index < -0.39 is 16.9 Å². The molecule has 26 heavy (non-hydrogen) atoms. The Kier molecular flexibility index (Phi) is 6.51. The number of nitrogens with zero attached hydrogens (tertiary/aromatic N) is 2. The number of amides is 1. The van der Waals surface area contributed by atoms with Gasteiger partial charge >= 0.3 is 0 Å². The van der Waals surface area contributed by atoms with E-state index in [4.69, 9.17) is 22.2 Å². The number of benzene rings is 2. The summed E-state index contributed by atoms with van der Waals surface area (Å²) in [6.45, 7) is 1.67. The number of anilines is 1. The number of halogens is 1. The van der Waals surface area contributed by atoms with Crippen LogP contribution < -0.4 is 11.1 Å². The van der Waals surface area contributed by atoms with Gasteiger partial charge < -0.3 is 15.9 Å².